The minimum atomic E-state index is -0.189. The molecule has 0 fully saturated rings. The predicted octanol–water partition coefficient (Wildman–Crippen LogP) is 5.03. The van der Waals surface area contributed by atoms with Crippen LogP contribution in [0.5, 0.6) is 0 Å². The average Bonchev–Trinajstić information content (AvgIpc) is 2.65. The van der Waals surface area contributed by atoms with Crippen LogP contribution in [0.1, 0.15) is 22.8 Å². The number of halogens is 1. The van der Waals surface area contributed by atoms with E-state index < -0.39 is 0 Å². The van der Waals surface area contributed by atoms with Crippen molar-refractivity contribution in [3.63, 3.8) is 0 Å². The van der Waals surface area contributed by atoms with Crippen LogP contribution >= 0.6 is 15.9 Å². The average molecular weight is 424 g/mol. The summed E-state index contributed by atoms with van der Waals surface area (Å²) in [5.74, 6) is -0.351. The van der Waals surface area contributed by atoms with E-state index in [4.69, 9.17) is 0 Å². The smallest absolute Gasteiger partial charge is 0.255 e. The number of amides is 2. The van der Waals surface area contributed by atoms with E-state index in [0.29, 0.717) is 16.9 Å². The molecule has 3 aromatic rings. The van der Waals surface area contributed by atoms with Gasteiger partial charge in [0.15, 0.2) is 0 Å². The van der Waals surface area contributed by atoms with Gasteiger partial charge in [0.2, 0.25) is 5.91 Å². The maximum atomic E-state index is 12.5. The summed E-state index contributed by atoms with van der Waals surface area (Å²) >= 11 is 3.45. The van der Waals surface area contributed by atoms with Gasteiger partial charge in [0.05, 0.1) is 11.4 Å². The van der Waals surface area contributed by atoms with Gasteiger partial charge in [0.1, 0.15) is 0 Å². The van der Waals surface area contributed by atoms with Gasteiger partial charge in [-0.2, -0.15) is 0 Å². The molecule has 6 heteroatoms. The highest BCUT2D eigenvalue weighted by molar-refractivity contribution is 9.10. The van der Waals surface area contributed by atoms with E-state index in [-0.39, 0.29) is 11.8 Å². The van der Waals surface area contributed by atoms with Crippen LogP contribution in [0.25, 0.3) is 11.3 Å². The molecule has 0 atom stereocenters. The first-order valence-electron chi connectivity index (χ1n) is 8.34. The van der Waals surface area contributed by atoms with Gasteiger partial charge in [-0.25, -0.2) is 0 Å². The number of nitrogens with one attached hydrogen (secondary N) is 2. The van der Waals surface area contributed by atoms with Gasteiger partial charge in [0, 0.05) is 34.4 Å². The van der Waals surface area contributed by atoms with Crippen LogP contribution in [-0.2, 0) is 4.79 Å². The van der Waals surface area contributed by atoms with Crippen LogP contribution in [0.15, 0.2) is 65.3 Å². The number of hydrogen-bond acceptors (Lipinski definition) is 3. The lowest BCUT2D eigenvalue weighted by molar-refractivity contribution is -0.114. The molecule has 3 rings (SSSR count). The first-order valence-corrected chi connectivity index (χ1v) is 9.14. The second-order valence-corrected chi connectivity index (χ2v) is 6.93. The third-order valence-electron chi connectivity index (χ3n) is 3.95. The molecule has 0 bridgehead atoms. The van der Waals surface area contributed by atoms with Crippen LogP contribution in [0.3, 0.4) is 0 Å². The van der Waals surface area contributed by atoms with E-state index in [1.165, 1.54) is 6.92 Å². The Kier molecular flexibility index (Phi) is 5.66. The Morgan fingerprint density at radius 2 is 1.74 bits per heavy atom. The van der Waals surface area contributed by atoms with Crippen molar-refractivity contribution in [1.29, 1.82) is 0 Å². The normalized spacial score (nSPS) is 10.3. The minimum Gasteiger partial charge on any atom is -0.324 e. The van der Waals surface area contributed by atoms with E-state index in [0.717, 1.165) is 21.3 Å². The Balaban J connectivity index is 1.80. The zero-order valence-electron chi connectivity index (χ0n) is 14.9. The highest BCUT2D eigenvalue weighted by Crippen LogP contribution is 2.26. The molecule has 2 amide bonds. The molecule has 136 valence electrons. The van der Waals surface area contributed by atoms with Crippen LogP contribution in [0.4, 0.5) is 11.4 Å². The van der Waals surface area contributed by atoms with Crippen molar-refractivity contribution in [2.45, 2.75) is 13.8 Å². The standard InChI is InChI=1S/C21H18BrN3O2/c1-13-12-17(9-10-18(13)22)25-21(27)16-7-5-15(6-8-16)20-19(24-14(2)26)4-3-11-23-20/h3-12H,1-2H3,(H,24,26)(H,25,27). The number of rotatable bonds is 4. The first-order chi connectivity index (χ1) is 12.9. The molecule has 0 spiro atoms. The van der Waals surface area contributed by atoms with Gasteiger partial charge in [0.25, 0.3) is 5.91 Å². The number of nitrogens with zero attached hydrogens (tertiary/aromatic N) is 1. The third kappa shape index (κ3) is 4.60. The fourth-order valence-electron chi connectivity index (χ4n) is 2.63. The molecule has 5 nitrogen and oxygen atoms in total. The molecule has 0 saturated carbocycles. The maximum absolute atomic E-state index is 12.5. The van der Waals surface area contributed by atoms with Crippen LogP contribution in [0, 0.1) is 6.92 Å². The second-order valence-electron chi connectivity index (χ2n) is 6.08. The van der Waals surface area contributed by atoms with Gasteiger partial charge < -0.3 is 10.6 Å². The third-order valence-corrected chi connectivity index (χ3v) is 4.84. The molecule has 2 aromatic carbocycles. The van der Waals surface area contributed by atoms with Crippen LogP contribution in [0.2, 0.25) is 0 Å². The number of aromatic nitrogens is 1. The summed E-state index contributed by atoms with van der Waals surface area (Å²) in [5.41, 5.74) is 4.42. The first kappa shape index (κ1) is 18.8. The number of benzene rings is 2. The highest BCUT2D eigenvalue weighted by Gasteiger charge is 2.10. The van der Waals surface area contributed by atoms with Crippen LogP contribution in [-0.4, -0.2) is 16.8 Å². The van der Waals surface area contributed by atoms with Crippen molar-refractivity contribution in [3.05, 3.63) is 76.4 Å². The number of carbonyl (C=O) groups excluding carboxylic acids is 2. The monoisotopic (exact) mass is 423 g/mol. The Morgan fingerprint density at radius 3 is 2.41 bits per heavy atom. The highest BCUT2D eigenvalue weighted by atomic mass is 79.9. The fraction of sp³-hybridized carbons (Fsp3) is 0.0952. The number of aryl methyl sites for hydroxylation is 1. The SMILES string of the molecule is CC(=O)Nc1cccnc1-c1ccc(C(=O)Nc2ccc(Br)c(C)c2)cc1. The molecule has 0 saturated heterocycles. The Hall–Kier alpha value is -2.99. The van der Waals surface area contributed by atoms with Crippen molar-refractivity contribution in [2.75, 3.05) is 10.6 Å². The van der Waals surface area contributed by atoms with Crippen molar-refractivity contribution in [3.8, 4) is 11.3 Å². The lowest BCUT2D eigenvalue weighted by Gasteiger charge is -2.10. The van der Waals surface area contributed by atoms with E-state index >= 15 is 0 Å². The lowest BCUT2D eigenvalue weighted by Crippen LogP contribution is -2.12. The van der Waals surface area contributed by atoms with Crippen LogP contribution < -0.4 is 10.6 Å². The molecule has 1 aromatic heterocycles. The van der Waals surface area contributed by atoms with Gasteiger partial charge in [-0.3, -0.25) is 14.6 Å². The molecule has 0 aliphatic rings. The van der Waals surface area contributed by atoms with Gasteiger partial charge in [-0.05, 0) is 55.0 Å². The molecule has 0 aliphatic carbocycles. The Bertz CT molecular complexity index is 1000. The summed E-state index contributed by atoms with van der Waals surface area (Å²) in [6, 6.07) is 16.3. The van der Waals surface area contributed by atoms with Gasteiger partial charge in [-0.1, -0.05) is 28.1 Å². The topological polar surface area (TPSA) is 71.1 Å². The summed E-state index contributed by atoms with van der Waals surface area (Å²) in [7, 11) is 0. The van der Waals surface area contributed by atoms with E-state index in [9.17, 15) is 9.59 Å². The van der Waals surface area contributed by atoms with Gasteiger partial charge >= 0.3 is 0 Å². The number of anilines is 2. The number of hydrogen-bond donors (Lipinski definition) is 2. The van der Waals surface area contributed by atoms with E-state index in [1.807, 2.05) is 37.3 Å². The molecule has 0 aliphatic heterocycles. The Morgan fingerprint density at radius 1 is 1.00 bits per heavy atom. The van der Waals surface area contributed by atoms with Crippen molar-refractivity contribution in [1.82, 2.24) is 4.98 Å². The van der Waals surface area contributed by atoms with Crippen molar-refractivity contribution < 1.29 is 9.59 Å². The molecular weight excluding hydrogens is 406 g/mol. The molecule has 0 unspecified atom stereocenters. The summed E-state index contributed by atoms with van der Waals surface area (Å²) in [4.78, 5) is 28.2. The quantitative estimate of drug-likeness (QED) is 0.617. The molecule has 27 heavy (non-hydrogen) atoms. The van der Waals surface area contributed by atoms with E-state index in [1.54, 1.807) is 30.5 Å². The molecule has 0 radical (unpaired) electrons. The predicted molar refractivity (Wildman–Crippen MR) is 111 cm³/mol. The van der Waals surface area contributed by atoms with E-state index in [2.05, 4.69) is 31.5 Å². The summed E-state index contributed by atoms with van der Waals surface area (Å²) in [6.45, 7) is 3.42. The number of pyridine rings is 1. The Labute approximate surface area is 166 Å². The number of carbonyl (C=O) groups is 2. The largest absolute Gasteiger partial charge is 0.324 e. The fourth-order valence-corrected chi connectivity index (χ4v) is 2.88. The zero-order chi connectivity index (χ0) is 19.4. The summed E-state index contributed by atoms with van der Waals surface area (Å²) in [6.07, 6.45) is 1.66. The zero-order valence-corrected chi connectivity index (χ0v) is 16.5. The summed E-state index contributed by atoms with van der Waals surface area (Å²) < 4.78 is 0.996. The minimum absolute atomic E-state index is 0.162. The molecule has 2 N–H and O–H groups in total. The molecule has 1 heterocycles. The van der Waals surface area contributed by atoms with Crippen molar-refractivity contribution in [2.24, 2.45) is 0 Å². The van der Waals surface area contributed by atoms with Gasteiger partial charge in [-0.15, -0.1) is 0 Å². The summed E-state index contributed by atoms with van der Waals surface area (Å²) in [5, 5.41) is 5.66. The molecular formula is C21H18BrN3O2. The van der Waals surface area contributed by atoms with Crippen molar-refractivity contribution >= 4 is 39.1 Å². The lowest BCUT2D eigenvalue weighted by atomic mass is 10.1. The second kappa shape index (κ2) is 8.14. The maximum Gasteiger partial charge on any atom is 0.255 e.